The Bertz CT molecular complexity index is 625. The molecule has 1 aromatic carbocycles. The van der Waals surface area contributed by atoms with Gasteiger partial charge in [-0.3, -0.25) is 10.1 Å². The van der Waals surface area contributed by atoms with E-state index in [1.807, 2.05) is 0 Å². The number of rotatable bonds is 5. The molecule has 8 heteroatoms. The van der Waals surface area contributed by atoms with Crippen molar-refractivity contribution in [1.29, 1.82) is 0 Å². The van der Waals surface area contributed by atoms with Crippen molar-refractivity contribution in [1.82, 2.24) is 4.31 Å². The first kappa shape index (κ1) is 16.5. The van der Waals surface area contributed by atoms with Gasteiger partial charge in [-0.2, -0.15) is 4.31 Å². The second kappa shape index (κ2) is 5.47. The lowest BCUT2D eigenvalue weighted by Crippen LogP contribution is -2.47. The van der Waals surface area contributed by atoms with Gasteiger partial charge in [0.1, 0.15) is 0 Å². The summed E-state index contributed by atoms with van der Waals surface area (Å²) in [5.74, 6) is 0. The molecule has 0 aliphatic heterocycles. The number of nitro benzene ring substituents is 1. The van der Waals surface area contributed by atoms with Gasteiger partial charge in [-0.05, 0) is 26.3 Å². The van der Waals surface area contributed by atoms with Gasteiger partial charge in [0, 0.05) is 19.2 Å². The average Bonchev–Trinajstić information content (AvgIpc) is 2.37. The van der Waals surface area contributed by atoms with Crippen molar-refractivity contribution in [2.45, 2.75) is 31.2 Å². The van der Waals surface area contributed by atoms with Crippen LogP contribution in [0.5, 0.6) is 0 Å². The highest BCUT2D eigenvalue weighted by atomic mass is 32.2. The average molecular weight is 302 g/mol. The van der Waals surface area contributed by atoms with Gasteiger partial charge in [0.2, 0.25) is 10.0 Å². The highest BCUT2D eigenvalue weighted by Gasteiger charge is 2.35. The fourth-order valence-electron chi connectivity index (χ4n) is 1.55. The second-order valence-electron chi connectivity index (χ2n) is 5.15. The van der Waals surface area contributed by atoms with Crippen molar-refractivity contribution in [2.75, 3.05) is 13.7 Å². The molecule has 1 rings (SSSR count). The minimum atomic E-state index is -3.93. The van der Waals surface area contributed by atoms with E-state index in [4.69, 9.17) is 0 Å². The maximum Gasteiger partial charge on any atom is 0.270 e. The molecular weight excluding hydrogens is 284 g/mol. The first-order chi connectivity index (χ1) is 9.04. The second-order valence-corrected chi connectivity index (χ2v) is 7.09. The minimum absolute atomic E-state index is 0.129. The summed E-state index contributed by atoms with van der Waals surface area (Å²) in [6, 6.07) is 3.69. The van der Waals surface area contributed by atoms with Crippen molar-refractivity contribution in [3.63, 3.8) is 0 Å². The Hall–Kier alpha value is -1.51. The molecule has 0 bridgehead atoms. The highest BCUT2D eigenvalue weighted by molar-refractivity contribution is 7.89. The van der Waals surface area contributed by atoms with E-state index in [1.165, 1.54) is 19.2 Å². The van der Waals surface area contributed by atoms with E-state index < -0.39 is 20.5 Å². The number of aliphatic hydroxyl groups is 1. The summed E-state index contributed by atoms with van der Waals surface area (Å²) in [5.41, 5.74) is -0.879. The summed E-state index contributed by atoms with van der Waals surface area (Å²) in [7, 11) is -2.59. The van der Waals surface area contributed by atoms with Crippen molar-refractivity contribution in [2.24, 2.45) is 0 Å². The molecule has 7 nitrogen and oxygen atoms in total. The van der Waals surface area contributed by atoms with E-state index in [0.29, 0.717) is 5.56 Å². The Morgan fingerprint density at radius 3 is 2.40 bits per heavy atom. The Morgan fingerprint density at radius 2 is 1.95 bits per heavy atom. The van der Waals surface area contributed by atoms with E-state index in [9.17, 15) is 23.6 Å². The Balaban J connectivity index is 3.43. The standard InChI is InChI=1S/C12H18N2O5S/c1-9-5-6-10(14(16)17)7-11(9)20(18,19)13(4)12(2,3)8-15/h5-7,15H,8H2,1-4H3. The summed E-state index contributed by atoms with van der Waals surface area (Å²) in [4.78, 5) is 10.00. The number of aryl methyl sites for hydroxylation is 1. The van der Waals surface area contributed by atoms with Crippen molar-refractivity contribution < 1.29 is 18.4 Å². The van der Waals surface area contributed by atoms with Crippen LogP contribution in [0.25, 0.3) is 0 Å². The zero-order chi connectivity index (χ0) is 15.7. The van der Waals surface area contributed by atoms with E-state index in [2.05, 4.69) is 0 Å². The molecule has 0 aliphatic carbocycles. The van der Waals surface area contributed by atoms with E-state index in [0.717, 1.165) is 10.4 Å². The van der Waals surface area contributed by atoms with Crippen LogP contribution in [0.4, 0.5) is 5.69 Å². The third-order valence-corrected chi connectivity index (χ3v) is 5.47. The van der Waals surface area contributed by atoms with Gasteiger partial charge >= 0.3 is 0 Å². The minimum Gasteiger partial charge on any atom is -0.394 e. The quantitative estimate of drug-likeness (QED) is 0.652. The molecule has 1 N–H and O–H groups in total. The number of likely N-dealkylation sites (N-methyl/N-ethyl adjacent to an activating group) is 1. The fourth-order valence-corrected chi connectivity index (χ4v) is 3.30. The number of benzene rings is 1. The molecule has 0 spiro atoms. The molecule has 0 saturated heterocycles. The summed E-state index contributed by atoms with van der Waals surface area (Å²) in [6.45, 7) is 4.33. The number of hydrogen-bond donors (Lipinski definition) is 1. The predicted molar refractivity (Wildman–Crippen MR) is 73.9 cm³/mol. The summed E-state index contributed by atoms with van der Waals surface area (Å²) >= 11 is 0. The van der Waals surface area contributed by atoms with E-state index in [1.54, 1.807) is 20.8 Å². The molecular formula is C12H18N2O5S. The molecule has 0 heterocycles. The molecule has 0 unspecified atom stereocenters. The number of non-ortho nitro benzene ring substituents is 1. The van der Waals surface area contributed by atoms with Crippen LogP contribution in [0.15, 0.2) is 23.1 Å². The lowest BCUT2D eigenvalue weighted by atomic mass is 10.1. The van der Waals surface area contributed by atoms with E-state index >= 15 is 0 Å². The first-order valence-electron chi connectivity index (χ1n) is 5.89. The SMILES string of the molecule is Cc1ccc([N+](=O)[O-])cc1S(=O)(=O)N(C)C(C)(C)CO. The predicted octanol–water partition coefficient (Wildman–Crippen LogP) is 1.29. The van der Waals surface area contributed by atoms with Crippen molar-refractivity contribution in [3.05, 3.63) is 33.9 Å². The largest absolute Gasteiger partial charge is 0.394 e. The maximum atomic E-state index is 12.5. The third-order valence-electron chi connectivity index (χ3n) is 3.26. The van der Waals surface area contributed by atoms with E-state index in [-0.39, 0.29) is 17.2 Å². The first-order valence-corrected chi connectivity index (χ1v) is 7.33. The van der Waals surface area contributed by atoms with Gasteiger partial charge in [0.15, 0.2) is 0 Å². The third kappa shape index (κ3) is 2.97. The van der Waals surface area contributed by atoms with Gasteiger partial charge in [0.25, 0.3) is 5.69 Å². The summed E-state index contributed by atoms with van der Waals surface area (Å²) in [5, 5.41) is 20.0. The molecule has 0 fully saturated rings. The Kier molecular flexibility index (Phi) is 4.52. The monoisotopic (exact) mass is 302 g/mol. The normalized spacial score (nSPS) is 12.7. The number of nitro groups is 1. The lowest BCUT2D eigenvalue weighted by Gasteiger charge is -2.33. The van der Waals surface area contributed by atoms with Gasteiger partial charge in [-0.15, -0.1) is 0 Å². The van der Waals surface area contributed by atoms with Gasteiger partial charge < -0.3 is 5.11 Å². The molecule has 0 amide bonds. The summed E-state index contributed by atoms with van der Waals surface area (Å²) < 4.78 is 26.1. The van der Waals surface area contributed by atoms with Crippen LogP contribution < -0.4 is 0 Å². The molecule has 0 radical (unpaired) electrons. The van der Waals surface area contributed by atoms with Crippen LogP contribution in [0, 0.1) is 17.0 Å². The van der Waals surface area contributed by atoms with Crippen LogP contribution in [0.1, 0.15) is 19.4 Å². The molecule has 0 aliphatic rings. The Labute approximate surface area is 118 Å². The fraction of sp³-hybridized carbons (Fsp3) is 0.500. The van der Waals surface area contributed by atoms with Gasteiger partial charge in [-0.25, -0.2) is 8.42 Å². The molecule has 1 aromatic rings. The topological polar surface area (TPSA) is 101 Å². The van der Waals surface area contributed by atoms with Crippen molar-refractivity contribution in [3.8, 4) is 0 Å². The number of sulfonamides is 1. The van der Waals surface area contributed by atoms with Gasteiger partial charge in [-0.1, -0.05) is 6.07 Å². The molecule has 20 heavy (non-hydrogen) atoms. The lowest BCUT2D eigenvalue weighted by molar-refractivity contribution is -0.385. The maximum absolute atomic E-state index is 12.5. The Morgan fingerprint density at radius 1 is 1.40 bits per heavy atom. The highest BCUT2D eigenvalue weighted by Crippen LogP contribution is 2.27. The molecule has 0 atom stereocenters. The number of nitrogens with zero attached hydrogens (tertiary/aromatic N) is 2. The molecule has 0 saturated carbocycles. The molecule has 112 valence electrons. The molecule has 0 aromatic heterocycles. The van der Waals surface area contributed by atoms with Crippen LogP contribution in [-0.4, -0.2) is 41.9 Å². The zero-order valence-electron chi connectivity index (χ0n) is 11.8. The zero-order valence-corrected chi connectivity index (χ0v) is 12.6. The van der Waals surface area contributed by atoms with Crippen LogP contribution in [0.2, 0.25) is 0 Å². The van der Waals surface area contributed by atoms with Gasteiger partial charge in [0.05, 0.1) is 22.0 Å². The number of hydrogen-bond acceptors (Lipinski definition) is 5. The van der Waals surface area contributed by atoms with Crippen LogP contribution >= 0.6 is 0 Å². The number of aliphatic hydroxyl groups excluding tert-OH is 1. The smallest absolute Gasteiger partial charge is 0.270 e. The van der Waals surface area contributed by atoms with Crippen molar-refractivity contribution >= 4 is 15.7 Å². The summed E-state index contributed by atoms with van der Waals surface area (Å²) in [6.07, 6.45) is 0. The van der Waals surface area contributed by atoms with Crippen LogP contribution in [-0.2, 0) is 10.0 Å². The van der Waals surface area contributed by atoms with Crippen LogP contribution in [0.3, 0.4) is 0 Å².